The Hall–Kier alpha value is -1.71. The third kappa shape index (κ3) is 3.14. The van der Waals surface area contributed by atoms with Crippen molar-refractivity contribution >= 4 is 15.8 Å². The molecule has 0 aliphatic carbocycles. The molecule has 1 fully saturated rings. The van der Waals surface area contributed by atoms with E-state index in [-0.39, 0.29) is 16.6 Å². The average Bonchev–Trinajstić information content (AvgIpc) is 2.46. The third-order valence-electron chi connectivity index (χ3n) is 3.95. The standard InChI is InChI=1S/C15H18N2O3S/c1-11-9-13(10-16)3-4-15(11)21(19,20)17-7-5-14(6-8-17)12(2)18/h3-4,9,14H,5-8H2,1-2H3. The summed E-state index contributed by atoms with van der Waals surface area (Å²) in [6.45, 7) is 3.98. The van der Waals surface area contributed by atoms with Crippen LogP contribution in [0.2, 0.25) is 0 Å². The van der Waals surface area contributed by atoms with E-state index in [0.717, 1.165) is 0 Å². The molecule has 1 heterocycles. The second-order valence-corrected chi connectivity index (χ2v) is 7.29. The molecule has 5 nitrogen and oxygen atoms in total. The maximum Gasteiger partial charge on any atom is 0.243 e. The molecular weight excluding hydrogens is 288 g/mol. The highest BCUT2D eigenvalue weighted by atomic mass is 32.2. The van der Waals surface area contributed by atoms with Crippen molar-refractivity contribution in [1.29, 1.82) is 5.26 Å². The second-order valence-electron chi connectivity index (χ2n) is 5.38. The van der Waals surface area contributed by atoms with Crippen LogP contribution in [0.5, 0.6) is 0 Å². The van der Waals surface area contributed by atoms with Crippen LogP contribution in [-0.2, 0) is 14.8 Å². The third-order valence-corrected chi connectivity index (χ3v) is 6.01. The van der Waals surface area contributed by atoms with Gasteiger partial charge in [0.1, 0.15) is 5.78 Å². The van der Waals surface area contributed by atoms with Crippen molar-refractivity contribution in [3.05, 3.63) is 29.3 Å². The van der Waals surface area contributed by atoms with Crippen LogP contribution in [-0.4, -0.2) is 31.6 Å². The molecule has 0 N–H and O–H groups in total. The summed E-state index contributed by atoms with van der Waals surface area (Å²) < 4.78 is 26.7. The number of ketones is 1. The minimum absolute atomic E-state index is 0.0292. The van der Waals surface area contributed by atoms with Crippen LogP contribution in [0.25, 0.3) is 0 Å². The Morgan fingerprint density at radius 2 is 1.95 bits per heavy atom. The van der Waals surface area contributed by atoms with Crippen LogP contribution in [0, 0.1) is 24.2 Å². The van der Waals surface area contributed by atoms with E-state index in [4.69, 9.17) is 5.26 Å². The molecule has 0 aromatic heterocycles. The molecule has 0 amide bonds. The smallest absolute Gasteiger partial charge is 0.243 e. The van der Waals surface area contributed by atoms with Gasteiger partial charge in [-0.05, 0) is 50.5 Å². The van der Waals surface area contributed by atoms with Crippen molar-refractivity contribution in [2.45, 2.75) is 31.6 Å². The number of sulfonamides is 1. The summed E-state index contributed by atoms with van der Waals surface area (Å²) in [5, 5.41) is 8.84. The molecule has 0 radical (unpaired) electrons. The summed E-state index contributed by atoms with van der Waals surface area (Å²) in [4.78, 5) is 11.6. The lowest BCUT2D eigenvalue weighted by Gasteiger charge is -2.30. The number of piperidine rings is 1. The van der Waals surface area contributed by atoms with Gasteiger partial charge in [-0.15, -0.1) is 0 Å². The number of nitrogens with zero attached hydrogens (tertiary/aromatic N) is 2. The number of rotatable bonds is 3. The van der Waals surface area contributed by atoms with Gasteiger partial charge in [0.25, 0.3) is 0 Å². The van der Waals surface area contributed by atoms with E-state index < -0.39 is 10.0 Å². The van der Waals surface area contributed by atoms with Crippen LogP contribution in [0.3, 0.4) is 0 Å². The maximum atomic E-state index is 12.6. The van der Waals surface area contributed by atoms with Gasteiger partial charge in [-0.1, -0.05) is 0 Å². The first-order valence-electron chi connectivity index (χ1n) is 6.87. The first-order valence-corrected chi connectivity index (χ1v) is 8.31. The molecule has 1 aliphatic heterocycles. The summed E-state index contributed by atoms with van der Waals surface area (Å²) in [5.41, 5.74) is 1.02. The Bertz CT molecular complexity index is 696. The van der Waals surface area contributed by atoms with E-state index >= 15 is 0 Å². The van der Waals surface area contributed by atoms with Crippen molar-refractivity contribution < 1.29 is 13.2 Å². The van der Waals surface area contributed by atoms with Gasteiger partial charge < -0.3 is 0 Å². The molecule has 0 bridgehead atoms. The van der Waals surface area contributed by atoms with Gasteiger partial charge in [0, 0.05) is 19.0 Å². The van der Waals surface area contributed by atoms with Crippen LogP contribution in [0.4, 0.5) is 0 Å². The molecule has 1 aromatic carbocycles. The molecule has 112 valence electrons. The largest absolute Gasteiger partial charge is 0.300 e. The highest BCUT2D eigenvalue weighted by Gasteiger charge is 2.31. The summed E-state index contributed by atoms with van der Waals surface area (Å²) >= 11 is 0. The van der Waals surface area contributed by atoms with Crippen molar-refractivity contribution in [3.8, 4) is 6.07 Å². The van der Waals surface area contributed by atoms with Crippen molar-refractivity contribution in [2.24, 2.45) is 5.92 Å². The van der Waals surface area contributed by atoms with Crippen molar-refractivity contribution in [3.63, 3.8) is 0 Å². The zero-order valence-corrected chi connectivity index (χ0v) is 13.0. The van der Waals surface area contributed by atoms with Gasteiger partial charge in [-0.25, -0.2) is 8.42 Å². The number of hydrogen-bond acceptors (Lipinski definition) is 4. The fraction of sp³-hybridized carbons (Fsp3) is 0.467. The summed E-state index contributed by atoms with van der Waals surface area (Å²) in [5.74, 6) is 0.0973. The number of hydrogen-bond donors (Lipinski definition) is 0. The van der Waals surface area contributed by atoms with Gasteiger partial charge in [0.2, 0.25) is 10.0 Å². The van der Waals surface area contributed by atoms with E-state index in [1.807, 2.05) is 6.07 Å². The van der Waals surface area contributed by atoms with Gasteiger partial charge in [-0.2, -0.15) is 9.57 Å². The fourth-order valence-electron chi connectivity index (χ4n) is 2.65. The molecule has 1 aliphatic rings. The molecule has 1 saturated heterocycles. The maximum absolute atomic E-state index is 12.6. The van der Waals surface area contributed by atoms with E-state index in [0.29, 0.717) is 37.1 Å². The molecule has 0 saturated carbocycles. The molecule has 0 atom stereocenters. The highest BCUT2D eigenvalue weighted by molar-refractivity contribution is 7.89. The molecule has 0 unspecified atom stereocenters. The molecule has 0 spiro atoms. The van der Waals surface area contributed by atoms with Crippen LogP contribution in [0.1, 0.15) is 30.9 Å². The number of carbonyl (C=O) groups excluding carboxylic acids is 1. The lowest BCUT2D eigenvalue weighted by Crippen LogP contribution is -2.40. The van der Waals surface area contributed by atoms with Crippen molar-refractivity contribution in [1.82, 2.24) is 4.31 Å². The van der Waals surface area contributed by atoms with E-state index in [1.54, 1.807) is 19.9 Å². The quantitative estimate of drug-likeness (QED) is 0.854. The molecule has 21 heavy (non-hydrogen) atoms. The first kappa shape index (κ1) is 15.7. The van der Waals surface area contributed by atoms with E-state index in [2.05, 4.69) is 0 Å². The minimum atomic E-state index is -3.55. The zero-order valence-electron chi connectivity index (χ0n) is 12.2. The summed E-state index contributed by atoms with van der Waals surface area (Å²) in [7, 11) is -3.55. The Morgan fingerprint density at radius 1 is 1.33 bits per heavy atom. The molecule has 6 heteroatoms. The van der Waals surface area contributed by atoms with E-state index in [9.17, 15) is 13.2 Å². The molecule has 1 aromatic rings. The van der Waals surface area contributed by atoms with Crippen LogP contribution < -0.4 is 0 Å². The fourth-order valence-corrected chi connectivity index (χ4v) is 4.33. The normalized spacial score (nSPS) is 17.4. The number of benzene rings is 1. The van der Waals surface area contributed by atoms with Gasteiger partial charge >= 0.3 is 0 Å². The lowest BCUT2D eigenvalue weighted by molar-refractivity contribution is -0.121. The Labute approximate surface area is 125 Å². The van der Waals surface area contributed by atoms with Crippen LogP contribution in [0.15, 0.2) is 23.1 Å². The minimum Gasteiger partial charge on any atom is -0.300 e. The Morgan fingerprint density at radius 3 is 2.43 bits per heavy atom. The molecule has 2 rings (SSSR count). The summed E-state index contributed by atoms with van der Waals surface area (Å²) in [6.07, 6.45) is 1.15. The van der Waals surface area contributed by atoms with Crippen LogP contribution >= 0.6 is 0 Å². The topological polar surface area (TPSA) is 78.2 Å². The van der Waals surface area contributed by atoms with Gasteiger partial charge in [0.05, 0.1) is 16.5 Å². The Kier molecular flexibility index (Phi) is 4.45. The van der Waals surface area contributed by atoms with Crippen molar-refractivity contribution in [2.75, 3.05) is 13.1 Å². The number of carbonyl (C=O) groups is 1. The number of Topliss-reactive ketones (excluding diaryl/α,β-unsaturated/α-hetero) is 1. The van der Waals surface area contributed by atoms with Gasteiger partial charge in [-0.3, -0.25) is 4.79 Å². The SMILES string of the molecule is CC(=O)C1CCN(S(=O)(=O)c2ccc(C#N)cc2C)CC1. The predicted molar refractivity (Wildman–Crippen MR) is 78.1 cm³/mol. The monoisotopic (exact) mass is 306 g/mol. The second kappa shape index (κ2) is 5.96. The molecular formula is C15H18N2O3S. The first-order chi connectivity index (χ1) is 9.86. The zero-order chi connectivity index (χ0) is 15.6. The van der Waals surface area contributed by atoms with E-state index in [1.165, 1.54) is 16.4 Å². The Balaban J connectivity index is 2.24. The number of aryl methyl sites for hydroxylation is 1. The lowest BCUT2D eigenvalue weighted by atomic mass is 9.95. The van der Waals surface area contributed by atoms with Gasteiger partial charge in [0.15, 0.2) is 0 Å². The summed E-state index contributed by atoms with van der Waals surface area (Å²) in [6, 6.07) is 6.58. The predicted octanol–water partition coefficient (Wildman–Crippen LogP) is 1.86. The average molecular weight is 306 g/mol. The highest BCUT2D eigenvalue weighted by Crippen LogP contribution is 2.26. The number of nitriles is 1.